The second-order valence-corrected chi connectivity index (χ2v) is 8.81. The molecule has 1 amide bonds. The molecule has 1 aliphatic rings. The van der Waals surface area contributed by atoms with Crippen LogP contribution in [0.1, 0.15) is 22.3 Å². The Bertz CT molecular complexity index is 1420. The average Bonchev–Trinajstić information content (AvgIpc) is 3.36. The van der Waals surface area contributed by atoms with Gasteiger partial charge in [0.05, 0.1) is 17.3 Å². The first-order valence-corrected chi connectivity index (χ1v) is 11.2. The maximum absolute atomic E-state index is 13.6. The van der Waals surface area contributed by atoms with Gasteiger partial charge in [-0.2, -0.15) is 0 Å². The number of aliphatic imine (C=N–C) groups is 1. The number of phenols is 1. The van der Waals surface area contributed by atoms with Crippen LogP contribution in [0.15, 0.2) is 71.4 Å². The number of amidine groups is 1. The van der Waals surface area contributed by atoms with Crippen LogP contribution in [0.3, 0.4) is 0 Å². The number of aromatic nitrogens is 1. The molecule has 1 aliphatic heterocycles. The van der Waals surface area contributed by atoms with Gasteiger partial charge in [0.15, 0.2) is 16.6 Å². The van der Waals surface area contributed by atoms with E-state index in [0.29, 0.717) is 22.3 Å². The lowest BCUT2D eigenvalue weighted by atomic mass is 10.1. The van der Waals surface area contributed by atoms with Gasteiger partial charge in [0.2, 0.25) is 0 Å². The predicted molar refractivity (Wildman–Crippen MR) is 132 cm³/mol. The molecule has 7 heteroatoms. The Morgan fingerprint density at radius 2 is 1.79 bits per heavy atom. The van der Waals surface area contributed by atoms with Crippen molar-refractivity contribution in [2.45, 2.75) is 13.8 Å². The van der Waals surface area contributed by atoms with E-state index in [2.05, 4.69) is 19.9 Å². The zero-order valence-electron chi connectivity index (χ0n) is 18.4. The second-order valence-electron chi connectivity index (χ2n) is 7.80. The Morgan fingerprint density at radius 1 is 1.03 bits per heavy atom. The van der Waals surface area contributed by atoms with Crippen molar-refractivity contribution in [1.82, 2.24) is 4.98 Å². The molecule has 3 aromatic carbocycles. The lowest BCUT2D eigenvalue weighted by molar-refractivity contribution is -0.113. The molecule has 4 aromatic rings. The van der Waals surface area contributed by atoms with Crippen molar-refractivity contribution in [3.8, 4) is 11.5 Å². The van der Waals surface area contributed by atoms with E-state index in [1.807, 2.05) is 36.4 Å². The minimum absolute atomic E-state index is 0.0348. The number of rotatable bonds is 4. The van der Waals surface area contributed by atoms with Gasteiger partial charge in [-0.15, -0.1) is 0 Å². The number of hydrogen-bond donors (Lipinski definition) is 1. The molecule has 33 heavy (non-hydrogen) atoms. The summed E-state index contributed by atoms with van der Waals surface area (Å²) in [5, 5.41) is 10.5. The van der Waals surface area contributed by atoms with E-state index in [1.54, 1.807) is 23.1 Å². The number of ether oxygens (including phenoxy) is 1. The molecule has 0 unspecified atom stereocenters. The van der Waals surface area contributed by atoms with Crippen LogP contribution in [-0.4, -0.2) is 28.9 Å². The Morgan fingerprint density at radius 3 is 2.55 bits per heavy atom. The zero-order valence-corrected chi connectivity index (χ0v) is 19.2. The van der Waals surface area contributed by atoms with Crippen molar-refractivity contribution >= 4 is 44.5 Å². The summed E-state index contributed by atoms with van der Waals surface area (Å²) in [4.78, 5) is 24.6. The Balaban J connectivity index is 1.63. The summed E-state index contributed by atoms with van der Waals surface area (Å²) >= 11 is 1.47. The molecule has 0 radical (unpaired) electrons. The number of aryl methyl sites for hydroxylation is 2. The number of nitrogens with zero attached hydrogens (tertiary/aromatic N) is 3. The van der Waals surface area contributed by atoms with Crippen molar-refractivity contribution < 1.29 is 14.6 Å². The van der Waals surface area contributed by atoms with Crippen LogP contribution in [-0.2, 0) is 4.79 Å². The molecule has 6 nitrogen and oxygen atoms in total. The monoisotopic (exact) mass is 455 g/mol. The highest BCUT2D eigenvalue weighted by Crippen LogP contribution is 2.35. The number of carbonyl (C=O) groups is 1. The van der Waals surface area contributed by atoms with Gasteiger partial charge < -0.3 is 9.84 Å². The van der Waals surface area contributed by atoms with Crippen molar-refractivity contribution in [1.29, 1.82) is 0 Å². The Labute approximate surface area is 195 Å². The molecule has 0 bridgehead atoms. The summed E-state index contributed by atoms with van der Waals surface area (Å²) in [5.74, 6) is 0.641. The molecule has 0 spiro atoms. The summed E-state index contributed by atoms with van der Waals surface area (Å²) in [6, 6.07) is 18.7. The average molecular weight is 456 g/mol. The molecule has 0 saturated carbocycles. The van der Waals surface area contributed by atoms with E-state index >= 15 is 0 Å². The highest BCUT2D eigenvalue weighted by Gasteiger charge is 2.34. The summed E-state index contributed by atoms with van der Waals surface area (Å²) in [6.07, 6.45) is 1.69. The molecule has 2 heterocycles. The summed E-state index contributed by atoms with van der Waals surface area (Å²) in [5.41, 5.74) is 5.01. The quantitative estimate of drug-likeness (QED) is 0.415. The fourth-order valence-electron chi connectivity index (χ4n) is 3.68. The third kappa shape index (κ3) is 3.76. The number of hydrogen-bond acceptors (Lipinski definition) is 6. The highest BCUT2D eigenvalue weighted by molar-refractivity contribution is 7.22. The largest absolute Gasteiger partial charge is 0.504 e. The van der Waals surface area contributed by atoms with Crippen LogP contribution < -0.4 is 9.64 Å². The van der Waals surface area contributed by atoms with Gasteiger partial charge >= 0.3 is 0 Å². The van der Waals surface area contributed by atoms with E-state index in [9.17, 15) is 9.90 Å². The van der Waals surface area contributed by atoms with Gasteiger partial charge in [-0.25, -0.2) is 14.9 Å². The van der Waals surface area contributed by atoms with Gasteiger partial charge in [-0.05, 0) is 60.9 Å². The number of phenolic OH excluding ortho intramolecular Hbond substituents is 1. The summed E-state index contributed by atoms with van der Waals surface area (Å²) < 4.78 is 6.21. The maximum atomic E-state index is 13.6. The third-order valence-corrected chi connectivity index (χ3v) is 6.59. The molecular weight excluding hydrogens is 434 g/mol. The molecule has 5 rings (SSSR count). The van der Waals surface area contributed by atoms with Crippen LogP contribution >= 0.6 is 11.3 Å². The van der Waals surface area contributed by atoms with Crippen molar-refractivity contribution in [3.63, 3.8) is 0 Å². The summed E-state index contributed by atoms with van der Waals surface area (Å²) in [6.45, 7) is 4.12. The van der Waals surface area contributed by atoms with Gasteiger partial charge in [0, 0.05) is 5.56 Å². The summed E-state index contributed by atoms with van der Waals surface area (Å²) in [7, 11) is 1.48. The second kappa shape index (κ2) is 8.18. The number of methoxy groups -OCH3 is 1. The molecule has 164 valence electrons. The number of anilines is 1. The number of amides is 1. The molecule has 0 saturated heterocycles. The third-order valence-electron chi connectivity index (χ3n) is 5.58. The molecule has 1 aromatic heterocycles. The molecule has 0 atom stereocenters. The maximum Gasteiger partial charge on any atom is 0.284 e. The van der Waals surface area contributed by atoms with Gasteiger partial charge in [0.25, 0.3) is 5.91 Å². The fraction of sp³-hybridized carbons (Fsp3) is 0.115. The van der Waals surface area contributed by atoms with E-state index < -0.39 is 0 Å². The van der Waals surface area contributed by atoms with Crippen molar-refractivity contribution in [3.05, 3.63) is 88.6 Å². The lowest BCUT2D eigenvalue weighted by Crippen LogP contribution is -2.32. The Kier molecular flexibility index (Phi) is 5.18. The van der Waals surface area contributed by atoms with Crippen LogP contribution in [0.5, 0.6) is 11.5 Å². The van der Waals surface area contributed by atoms with Gasteiger partial charge in [-0.3, -0.25) is 4.79 Å². The van der Waals surface area contributed by atoms with Crippen LogP contribution in [0.2, 0.25) is 0 Å². The lowest BCUT2D eigenvalue weighted by Gasteiger charge is -2.14. The SMILES string of the molecule is COc1cc(/C=C2\N=C(c3ccccc3)N(c3nc4cc(C)c(C)cc4s3)C2=O)ccc1O. The van der Waals surface area contributed by atoms with E-state index in [-0.39, 0.29) is 17.4 Å². The topological polar surface area (TPSA) is 75.0 Å². The first-order chi connectivity index (χ1) is 15.9. The van der Waals surface area contributed by atoms with E-state index in [0.717, 1.165) is 21.3 Å². The van der Waals surface area contributed by atoms with Gasteiger partial charge in [0.1, 0.15) is 11.5 Å². The van der Waals surface area contributed by atoms with Crippen LogP contribution in [0, 0.1) is 13.8 Å². The standard InChI is InChI=1S/C26H21N3O3S/c1-15-11-19-23(12-16(15)2)33-26(28-19)29-24(18-7-5-4-6-8-18)27-20(25(29)31)13-17-9-10-21(30)22(14-17)32-3/h4-14,30H,1-3H3/b20-13-. The Hall–Kier alpha value is -3.97. The molecule has 1 N–H and O–H groups in total. The number of fused-ring (bicyclic) bond motifs is 1. The van der Waals surface area contributed by atoms with E-state index in [4.69, 9.17) is 14.7 Å². The molecule has 0 fully saturated rings. The van der Waals surface area contributed by atoms with Gasteiger partial charge in [-0.1, -0.05) is 47.7 Å². The number of thiazole rings is 1. The first-order valence-electron chi connectivity index (χ1n) is 10.4. The normalized spacial score (nSPS) is 14.9. The fourth-order valence-corrected chi connectivity index (χ4v) is 4.73. The zero-order chi connectivity index (χ0) is 23.1. The highest BCUT2D eigenvalue weighted by atomic mass is 32.1. The molecular formula is C26H21N3O3S. The first kappa shape index (κ1) is 20.9. The smallest absolute Gasteiger partial charge is 0.284 e. The van der Waals surface area contributed by atoms with Crippen molar-refractivity contribution in [2.75, 3.05) is 12.0 Å². The number of carbonyl (C=O) groups excluding carboxylic acids is 1. The number of aromatic hydroxyl groups is 1. The predicted octanol–water partition coefficient (Wildman–Crippen LogP) is 5.46. The van der Waals surface area contributed by atoms with Crippen LogP contribution in [0.4, 0.5) is 5.13 Å². The minimum atomic E-state index is -0.256. The van der Waals surface area contributed by atoms with E-state index in [1.165, 1.54) is 30.1 Å². The van der Waals surface area contributed by atoms with Crippen LogP contribution in [0.25, 0.3) is 16.3 Å². The minimum Gasteiger partial charge on any atom is -0.504 e. The van der Waals surface area contributed by atoms with Crippen molar-refractivity contribution in [2.24, 2.45) is 4.99 Å². The number of benzene rings is 3. The molecule has 0 aliphatic carbocycles.